The molecule has 0 spiro atoms. The van der Waals surface area contributed by atoms with Gasteiger partial charge < -0.3 is 5.73 Å². The quantitative estimate of drug-likeness (QED) is 0.244. The molecule has 0 aromatic carbocycles. The summed E-state index contributed by atoms with van der Waals surface area (Å²) in [6, 6.07) is 6.13. The number of hydrogen-bond acceptors (Lipinski definition) is 4. The maximum atomic E-state index is 7.45. The van der Waals surface area contributed by atoms with Crippen LogP contribution in [0.3, 0.4) is 0 Å². The SMILES string of the molecule is C[C@](CBr)(CSC(=N)N)c1cccc([C@@](C)(CBr)CSC(=[NH2+])[NH3+])n1. The van der Waals surface area contributed by atoms with Crippen LogP contribution in [-0.4, -0.2) is 37.5 Å². The van der Waals surface area contributed by atoms with Crippen LogP contribution in [0.15, 0.2) is 18.2 Å². The number of quaternary nitrogens is 1. The van der Waals surface area contributed by atoms with E-state index in [9.17, 15) is 0 Å². The molecule has 0 radical (unpaired) electrons. The van der Waals surface area contributed by atoms with E-state index < -0.39 is 0 Å². The van der Waals surface area contributed by atoms with Gasteiger partial charge in [0.25, 0.3) is 0 Å². The van der Waals surface area contributed by atoms with Gasteiger partial charge in [0.1, 0.15) is 0 Å². The lowest BCUT2D eigenvalue weighted by atomic mass is 9.87. The lowest BCUT2D eigenvalue weighted by Gasteiger charge is -2.30. The van der Waals surface area contributed by atoms with Crippen LogP contribution >= 0.6 is 55.4 Å². The van der Waals surface area contributed by atoms with Gasteiger partial charge in [-0.2, -0.15) is 0 Å². The zero-order chi connectivity index (χ0) is 18.4. The van der Waals surface area contributed by atoms with Gasteiger partial charge in [0, 0.05) is 56.1 Å². The second-order valence-corrected chi connectivity index (χ2v) is 9.44. The number of nitrogens with two attached hydrogens (primary N) is 2. The second-order valence-electron chi connectivity index (χ2n) is 6.20. The van der Waals surface area contributed by atoms with Crippen LogP contribution in [0.4, 0.5) is 0 Å². The number of pyridine rings is 1. The fourth-order valence-electron chi connectivity index (χ4n) is 1.96. The first-order valence-electron chi connectivity index (χ1n) is 7.31. The molecule has 0 saturated carbocycles. The van der Waals surface area contributed by atoms with Crippen molar-refractivity contribution in [3.63, 3.8) is 0 Å². The van der Waals surface area contributed by atoms with Crippen molar-refractivity contribution in [2.45, 2.75) is 24.7 Å². The highest BCUT2D eigenvalue weighted by Crippen LogP contribution is 2.33. The average Bonchev–Trinajstić information content (AvgIpc) is 2.57. The number of hydrogen-bond donors (Lipinski definition) is 4. The summed E-state index contributed by atoms with van der Waals surface area (Å²) in [7, 11) is 0. The zero-order valence-corrected chi connectivity index (χ0v) is 18.7. The Kier molecular flexibility index (Phi) is 8.75. The molecule has 0 unspecified atom stereocenters. The summed E-state index contributed by atoms with van der Waals surface area (Å²) in [6.07, 6.45) is 0. The molecule has 0 saturated heterocycles. The first kappa shape index (κ1) is 22.0. The van der Waals surface area contributed by atoms with E-state index in [1.807, 2.05) is 12.1 Å². The minimum atomic E-state index is -0.204. The van der Waals surface area contributed by atoms with E-state index in [0.29, 0.717) is 10.9 Å². The van der Waals surface area contributed by atoms with E-state index >= 15 is 0 Å². The summed E-state index contributed by atoms with van der Waals surface area (Å²) in [5.41, 5.74) is 10.9. The Hall–Kier alpha value is -0.0900. The van der Waals surface area contributed by atoms with E-state index in [4.69, 9.17) is 21.5 Å². The molecule has 134 valence electrons. The molecule has 1 heterocycles. The molecule has 24 heavy (non-hydrogen) atoms. The molecule has 0 aliphatic rings. The fraction of sp³-hybridized carbons (Fsp3) is 0.533. The third kappa shape index (κ3) is 6.01. The molecule has 0 amide bonds. The topological polar surface area (TPSA) is 116 Å². The van der Waals surface area contributed by atoms with Gasteiger partial charge in [-0.25, -0.2) is 5.41 Å². The maximum Gasteiger partial charge on any atom is 0.392 e. The van der Waals surface area contributed by atoms with Crippen LogP contribution in [0, 0.1) is 5.41 Å². The van der Waals surface area contributed by atoms with Crippen LogP contribution in [-0.2, 0) is 10.8 Å². The molecule has 0 aliphatic carbocycles. The Labute approximate surface area is 168 Å². The number of rotatable bonds is 8. The van der Waals surface area contributed by atoms with Gasteiger partial charge in [-0.1, -0.05) is 63.5 Å². The molecule has 1 rings (SSSR count). The molecule has 0 bridgehead atoms. The number of alkyl halides is 2. The van der Waals surface area contributed by atoms with Gasteiger partial charge in [0.15, 0.2) is 5.17 Å². The highest BCUT2D eigenvalue weighted by Gasteiger charge is 2.32. The minimum Gasteiger partial charge on any atom is -0.379 e. The standard InChI is InChI=1S/C15H23Br2N5S2/c1-14(6-16,8-23-12(18)19)10-4-3-5-11(22-10)15(2,7-17)9-24-13(20)21/h3-5H,6-9H2,1-2H3,(H3,18,19)(H3,20,21)/p+2/t14-,15-/m0/s1. The van der Waals surface area contributed by atoms with Crippen molar-refractivity contribution in [3.8, 4) is 0 Å². The van der Waals surface area contributed by atoms with E-state index in [1.165, 1.54) is 11.8 Å². The molecule has 5 nitrogen and oxygen atoms in total. The smallest absolute Gasteiger partial charge is 0.379 e. The normalized spacial score (nSPS) is 16.2. The molecule has 8 N–H and O–H groups in total. The lowest BCUT2D eigenvalue weighted by Crippen LogP contribution is -2.68. The number of thioether (sulfide) groups is 2. The molecule has 2 atom stereocenters. The van der Waals surface area contributed by atoms with Crippen molar-refractivity contribution < 1.29 is 11.1 Å². The lowest BCUT2D eigenvalue weighted by molar-refractivity contribution is -0.290. The summed E-state index contributed by atoms with van der Waals surface area (Å²) in [5, 5.41) is 15.4. The monoisotopic (exact) mass is 497 g/mol. The number of nitrogens with zero attached hydrogens (tertiary/aromatic N) is 1. The third-order valence-corrected chi connectivity index (χ3v) is 8.42. The molecular formula is C15H25Br2N5S2+2. The highest BCUT2D eigenvalue weighted by atomic mass is 79.9. The fourth-order valence-corrected chi connectivity index (χ4v) is 4.93. The highest BCUT2D eigenvalue weighted by molar-refractivity contribution is 9.09. The van der Waals surface area contributed by atoms with Crippen molar-refractivity contribution in [2.24, 2.45) is 5.73 Å². The van der Waals surface area contributed by atoms with Crippen LogP contribution in [0.5, 0.6) is 0 Å². The van der Waals surface area contributed by atoms with E-state index in [0.717, 1.165) is 27.8 Å². The second kappa shape index (κ2) is 9.56. The van der Waals surface area contributed by atoms with Gasteiger partial charge in [0.2, 0.25) is 0 Å². The Morgan fingerprint density at radius 2 is 1.67 bits per heavy atom. The van der Waals surface area contributed by atoms with Crippen LogP contribution in [0.1, 0.15) is 25.2 Å². The summed E-state index contributed by atoms with van der Waals surface area (Å²) >= 11 is 10.1. The average molecular weight is 499 g/mol. The Morgan fingerprint density at radius 1 is 1.21 bits per heavy atom. The maximum absolute atomic E-state index is 7.45. The van der Waals surface area contributed by atoms with Crippen LogP contribution < -0.4 is 16.9 Å². The summed E-state index contributed by atoms with van der Waals surface area (Å²) in [5.74, 6) is 1.50. The number of amidine groups is 2. The first-order valence-corrected chi connectivity index (χ1v) is 11.5. The van der Waals surface area contributed by atoms with Crippen molar-refractivity contribution >= 4 is 65.7 Å². The van der Waals surface area contributed by atoms with Gasteiger partial charge in [-0.3, -0.25) is 16.1 Å². The van der Waals surface area contributed by atoms with E-state index in [-0.39, 0.29) is 16.0 Å². The summed E-state index contributed by atoms with van der Waals surface area (Å²) in [6.45, 7) is 4.30. The van der Waals surface area contributed by atoms with Gasteiger partial charge >= 0.3 is 5.17 Å². The largest absolute Gasteiger partial charge is 0.392 e. The first-order chi connectivity index (χ1) is 11.2. The summed E-state index contributed by atoms with van der Waals surface area (Å²) in [4.78, 5) is 4.95. The van der Waals surface area contributed by atoms with Gasteiger partial charge in [-0.15, -0.1) is 0 Å². The van der Waals surface area contributed by atoms with Crippen LogP contribution in [0.2, 0.25) is 0 Å². The molecule has 1 aromatic rings. The minimum absolute atomic E-state index is 0.126. The molecule has 1 aromatic heterocycles. The summed E-state index contributed by atoms with van der Waals surface area (Å²) < 4.78 is 0. The molecule has 0 fully saturated rings. The van der Waals surface area contributed by atoms with Crippen LogP contribution in [0.25, 0.3) is 0 Å². The number of halogens is 2. The predicted octanol–water partition coefficient (Wildman–Crippen LogP) is 1.10. The van der Waals surface area contributed by atoms with E-state index in [2.05, 4.69) is 57.5 Å². The van der Waals surface area contributed by atoms with E-state index in [1.54, 1.807) is 11.8 Å². The van der Waals surface area contributed by atoms with Crippen molar-refractivity contribution in [1.82, 2.24) is 4.98 Å². The Bertz CT molecular complexity index is 554. The molecular weight excluding hydrogens is 474 g/mol. The third-order valence-electron chi connectivity index (χ3n) is 3.70. The Morgan fingerprint density at radius 3 is 2.04 bits per heavy atom. The molecule has 9 heteroatoms. The van der Waals surface area contributed by atoms with Gasteiger partial charge in [0.05, 0.1) is 0 Å². The zero-order valence-electron chi connectivity index (χ0n) is 13.9. The van der Waals surface area contributed by atoms with Crippen molar-refractivity contribution in [3.05, 3.63) is 29.6 Å². The molecule has 0 aliphatic heterocycles. The number of nitrogens with one attached hydrogen (secondary N) is 1. The predicted molar refractivity (Wildman–Crippen MR) is 113 cm³/mol. The van der Waals surface area contributed by atoms with Crippen molar-refractivity contribution in [1.29, 1.82) is 5.41 Å². The van der Waals surface area contributed by atoms with Gasteiger partial charge in [-0.05, 0) is 12.1 Å². The Balaban J connectivity index is 3.14. The number of aromatic nitrogens is 1. The van der Waals surface area contributed by atoms with Crippen molar-refractivity contribution in [2.75, 3.05) is 22.2 Å².